The summed E-state index contributed by atoms with van der Waals surface area (Å²) in [6.07, 6.45) is 6.86. The lowest BCUT2D eigenvalue weighted by Gasteiger charge is -2.34. The van der Waals surface area contributed by atoms with Crippen molar-refractivity contribution in [3.05, 3.63) is 0 Å². The Morgan fingerprint density at radius 3 is 2.46 bits per heavy atom. The van der Waals surface area contributed by atoms with Crippen molar-refractivity contribution in [2.24, 2.45) is 5.41 Å². The summed E-state index contributed by atoms with van der Waals surface area (Å²) in [4.78, 5) is 0. The molecule has 0 aromatic rings. The van der Waals surface area contributed by atoms with E-state index in [9.17, 15) is 0 Å². The van der Waals surface area contributed by atoms with E-state index < -0.39 is 0 Å². The number of hydrogen-bond acceptors (Lipinski definition) is 2. The summed E-state index contributed by atoms with van der Waals surface area (Å²) in [6.45, 7) is 5.71. The molecule has 1 unspecified atom stereocenters. The summed E-state index contributed by atoms with van der Waals surface area (Å²) in [7, 11) is 0. The van der Waals surface area contributed by atoms with Crippen molar-refractivity contribution in [1.82, 2.24) is 5.32 Å². The molecule has 13 heavy (non-hydrogen) atoms. The van der Waals surface area contributed by atoms with Crippen LogP contribution in [0.3, 0.4) is 0 Å². The number of aliphatic hydroxyl groups is 1. The SMILES string of the molecule is CC(CO)NCC1(C)CCCCC1. The summed E-state index contributed by atoms with van der Waals surface area (Å²) in [5.41, 5.74) is 0.488. The second-order valence-electron chi connectivity index (χ2n) is 4.84. The van der Waals surface area contributed by atoms with E-state index in [0.29, 0.717) is 5.41 Å². The van der Waals surface area contributed by atoms with Crippen LogP contribution in [0.25, 0.3) is 0 Å². The number of nitrogens with one attached hydrogen (secondary N) is 1. The van der Waals surface area contributed by atoms with E-state index in [1.165, 1.54) is 32.1 Å². The molecule has 0 bridgehead atoms. The first kappa shape index (κ1) is 11.0. The molecular weight excluding hydrogens is 162 g/mol. The van der Waals surface area contributed by atoms with Gasteiger partial charge < -0.3 is 10.4 Å². The fraction of sp³-hybridized carbons (Fsp3) is 1.00. The fourth-order valence-corrected chi connectivity index (χ4v) is 2.07. The lowest BCUT2D eigenvalue weighted by molar-refractivity contribution is 0.183. The molecule has 1 saturated carbocycles. The Hall–Kier alpha value is -0.0800. The van der Waals surface area contributed by atoms with Crippen LogP contribution in [-0.4, -0.2) is 24.3 Å². The Morgan fingerprint density at radius 1 is 1.31 bits per heavy atom. The van der Waals surface area contributed by atoms with E-state index >= 15 is 0 Å². The first-order valence-electron chi connectivity index (χ1n) is 5.50. The maximum Gasteiger partial charge on any atom is 0.0581 e. The molecule has 0 amide bonds. The van der Waals surface area contributed by atoms with Crippen molar-refractivity contribution in [2.75, 3.05) is 13.2 Å². The van der Waals surface area contributed by atoms with Gasteiger partial charge in [0.25, 0.3) is 0 Å². The molecule has 0 spiro atoms. The van der Waals surface area contributed by atoms with Crippen LogP contribution >= 0.6 is 0 Å². The molecule has 0 radical (unpaired) electrons. The number of aliphatic hydroxyl groups excluding tert-OH is 1. The van der Waals surface area contributed by atoms with E-state index in [2.05, 4.69) is 12.2 Å². The molecule has 2 heteroatoms. The highest BCUT2D eigenvalue weighted by atomic mass is 16.3. The van der Waals surface area contributed by atoms with Gasteiger partial charge in [0.2, 0.25) is 0 Å². The highest BCUT2D eigenvalue weighted by molar-refractivity contribution is 4.81. The molecule has 0 aromatic carbocycles. The van der Waals surface area contributed by atoms with Gasteiger partial charge in [-0.05, 0) is 25.2 Å². The first-order chi connectivity index (χ1) is 6.16. The topological polar surface area (TPSA) is 32.3 Å². The summed E-state index contributed by atoms with van der Waals surface area (Å²) in [5, 5.41) is 12.3. The standard InChI is InChI=1S/C11H23NO/c1-10(8-13)12-9-11(2)6-4-3-5-7-11/h10,12-13H,3-9H2,1-2H3. The molecule has 0 aliphatic heterocycles. The average molecular weight is 185 g/mol. The number of rotatable bonds is 4. The monoisotopic (exact) mass is 185 g/mol. The van der Waals surface area contributed by atoms with Gasteiger partial charge in [-0.1, -0.05) is 26.2 Å². The zero-order valence-electron chi connectivity index (χ0n) is 8.97. The fourth-order valence-electron chi connectivity index (χ4n) is 2.07. The van der Waals surface area contributed by atoms with Gasteiger partial charge in [0.1, 0.15) is 0 Å². The Morgan fingerprint density at radius 2 is 1.92 bits per heavy atom. The van der Waals surface area contributed by atoms with Gasteiger partial charge in [-0.3, -0.25) is 0 Å². The predicted octanol–water partition coefficient (Wildman–Crippen LogP) is 1.93. The van der Waals surface area contributed by atoms with Crippen LogP contribution in [0.4, 0.5) is 0 Å². The molecule has 1 aliphatic carbocycles. The molecule has 2 nitrogen and oxygen atoms in total. The van der Waals surface area contributed by atoms with Crippen molar-refractivity contribution in [3.8, 4) is 0 Å². The maximum atomic E-state index is 8.89. The summed E-state index contributed by atoms with van der Waals surface area (Å²) in [6, 6.07) is 0.249. The summed E-state index contributed by atoms with van der Waals surface area (Å²) < 4.78 is 0. The third-order valence-electron chi connectivity index (χ3n) is 3.21. The second-order valence-corrected chi connectivity index (χ2v) is 4.84. The average Bonchev–Trinajstić information content (AvgIpc) is 2.15. The van der Waals surface area contributed by atoms with Gasteiger partial charge in [-0.2, -0.15) is 0 Å². The van der Waals surface area contributed by atoms with Crippen LogP contribution in [0.5, 0.6) is 0 Å². The Labute approximate surface area is 81.7 Å². The molecule has 1 atom stereocenters. The minimum atomic E-state index is 0.246. The second kappa shape index (κ2) is 4.97. The smallest absolute Gasteiger partial charge is 0.0581 e. The maximum absolute atomic E-state index is 8.89. The molecule has 1 aliphatic rings. The van der Waals surface area contributed by atoms with Crippen LogP contribution in [-0.2, 0) is 0 Å². The van der Waals surface area contributed by atoms with Gasteiger partial charge in [0.05, 0.1) is 6.61 Å². The predicted molar refractivity (Wildman–Crippen MR) is 55.7 cm³/mol. The van der Waals surface area contributed by atoms with Gasteiger partial charge >= 0.3 is 0 Å². The van der Waals surface area contributed by atoms with Crippen molar-refractivity contribution >= 4 is 0 Å². The first-order valence-corrected chi connectivity index (χ1v) is 5.50. The minimum Gasteiger partial charge on any atom is -0.395 e. The zero-order valence-corrected chi connectivity index (χ0v) is 8.97. The molecule has 0 saturated heterocycles. The van der Waals surface area contributed by atoms with E-state index in [1.807, 2.05) is 6.92 Å². The normalized spacial score (nSPS) is 24.2. The van der Waals surface area contributed by atoms with Crippen molar-refractivity contribution in [1.29, 1.82) is 0 Å². The molecular formula is C11H23NO. The van der Waals surface area contributed by atoms with Gasteiger partial charge in [0.15, 0.2) is 0 Å². The van der Waals surface area contributed by atoms with Crippen LogP contribution in [0.15, 0.2) is 0 Å². The molecule has 2 N–H and O–H groups in total. The Balaban J connectivity index is 2.24. The van der Waals surface area contributed by atoms with E-state index in [-0.39, 0.29) is 12.6 Å². The molecule has 1 rings (SSSR count). The van der Waals surface area contributed by atoms with Gasteiger partial charge in [-0.25, -0.2) is 0 Å². The Kier molecular flexibility index (Phi) is 4.20. The summed E-state index contributed by atoms with van der Waals surface area (Å²) in [5.74, 6) is 0. The van der Waals surface area contributed by atoms with Gasteiger partial charge in [0, 0.05) is 12.6 Å². The van der Waals surface area contributed by atoms with Gasteiger partial charge in [-0.15, -0.1) is 0 Å². The van der Waals surface area contributed by atoms with E-state index in [4.69, 9.17) is 5.11 Å². The zero-order chi connectivity index (χ0) is 9.73. The molecule has 78 valence electrons. The minimum absolute atomic E-state index is 0.246. The number of hydrogen-bond donors (Lipinski definition) is 2. The Bertz CT molecular complexity index is 141. The van der Waals surface area contributed by atoms with Crippen molar-refractivity contribution < 1.29 is 5.11 Å². The van der Waals surface area contributed by atoms with Crippen LogP contribution in [0.1, 0.15) is 46.0 Å². The van der Waals surface area contributed by atoms with E-state index in [1.54, 1.807) is 0 Å². The largest absolute Gasteiger partial charge is 0.395 e. The van der Waals surface area contributed by atoms with Crippen LogP contribution < -0.4 is 5.32 Å². The highest BCUT2D eigenvalue weighted by Crippen LogP contribution is 2.34. The van der Waals surface area contributed by atoms with Crippen molar-refractivity contribution in [2.45, 2.75) is 52.0 Å². The van der Waals surface area contributed by atoms with Crippen LogP contribution in [0, 0.1) is 5.41 Å². The molecule has 0 aromatic heterocycles. The lowest BCUT2D eigenvalue weighted by atomic mass is 9.75. The highest BCUT2D eigenvalue weighted by Gasteiger charge is 2.26. The quantitative estimate of drug-likeness (QED) is 0.701. The molecule has 1 fully saturated rings. The molecule has 0 heterocycles. The summed E-state index contributed by atoms with van der Waals surface area (Å²) >= 11 is 0. The third-order valence-corrected chi connectivity index (χ3v) is 3.21. The van der Waals surface area contributed by atoms with Crippen LogP contribution in [0.2, 0.25) is 0 Å². The third kappa shape index (κ3) is 3.65. The van der Waals surface area contributed by atoms with Crippen molar-refractivity contribution in [3.63, 3.8) is 0 Å². The lowest BCUT2D eigenvalue weighted by Crippen LogP contribution is -2.39. The van der Waals surface area contributed by atoms with E-state index in [0.717, 1.165) is 6.54 Å².